The lowest BCUT2D eigenvalue weighted by molar-refractivity contribution is 0.354. The largest absolute Gasteiger partial charge is 0.493 e. The average molecular weight is 379 g/mol. The van der Waals surface area contributed by atoms with Crippen LogP contribution in [0.5, 0.6) is 11.5 Å². The van der Waals surface area contributed by atoms with Gasteiger partial charge >= 0.3 is 0 Å². The molecule has 0 amide bonds. The van der Waals surface area contributed by atoms with Crippen LogP contribution in [0.1, 0.15) is 16.7 Å². The van der Waals surface area contributed by atoms with Crippen LogP contribution >= 0.6 is 0 Å². The molecule has 0 saturated carbocycles. The van der Waals surface area contributed by atoms with Gasteiger partial charge in [-0.15, -0.1) is 5.10 Å². The SMILES string of the molecule is COc1ccc(CCNc2nncc(Nc3ccc(C)c(C)c3)n2)cc1OC. The summed E-state index contributed by atoms with van der Waals surface area (Å²) >= 11 is 0. The third-order valence-electron chi connectivity index (χ3n) is 4.48. The molecular formula is C21H25N5O2. The number of hydrogen-bond acceptors (Lipinski definition) is 7. The minimum atomic E-state index is 0.481. The van der Waals surface area contributed by atoms with Gasteiger partial charge in [0.25, 0.3) is 0 Å². The molecule has 7 nitrogen and oxygen atoms in total. The summed E-state index contributed by atoms with van der Waals surface area (Å²) in [5.41, 5.74) is 4.58. The normalized spacial score (nSPS) is 10.4. The minimum absolute atomic E-state index is 0.481. The summed E-state index contributed by atoms with van der Waals surface area (Å²) < 4.78 is 10.6. The van der Waals surface area contributed by atoms with Gasteiger partial charge in [0, 0.05) is 12.2 Å². The highest BCUT2D eigenvalue weighted by atomic mass is 16.5. The van der Waals surface area contributed by atoms with E-state index in [0.717, 1.165) is 29.2 Å². The van der Waals surface area contributed by atoms with Crippen molar-refractivity contribution in [1.29, 1.82) is 0 Å². The van der Waals surface area contributed by atoms with Gasteiger partial charge in [-0.1, -0.05) is 12.1 Å². The van der Waals surface area contributed by atoms with Crippen LogP contribution in [0.25, 0.3) is 0 Å². The molecule has 1 heterocycles. The summed E-state index contributed by atoms with van der Waals surface area (Å²) in [6.07, 6.45) is 2.40. The topological polar surface area (TPSA) is 81.2 Å². The standard InChI is InChI=1S/C21H25N5O2/c1-14-5-7-17(11-15(14)2)24-20-13-23-26-21(25-20)22-10-9-16-6-8-18(27-3)19(12-16)28-4/h5-8,11-13H,9-10H2,1-4H3,(H2,22,24,25,26). The zero-order valence-corrected chi connectivity index (χ0v) is 16.6. The number of benzene rings is 2. The zero-order valence-electron chi connectivity index (χ0n) is 16.6. The molecule has 0 aliphatic rings. The summed E-state index contributed by atoms with van der Waals surface area (Å²) in [6.45, 7) is 4.84. The molecular weight excluding hydrogens is 354 g/mol. The maximum absolute atomic E-state index is 5.34. The summed E-state index contributed by atoms with van der Waals surface area (Å²) in [4.78, 5) is 4.47. The predicted octanol–water partition coefficient (Wildman–Crippen LogP) is 3.90. The number of aromatic nitrogens is 3. The number of aryl methyl sites for hydroxylation is 2. The maximum atomic E-state index is 5.34. The third kappa shape index (κ3) is 4.88. The molecule has 0 unspecified atom stereocenters. The third-order valence-corrected chi connectivity index (χ3v) is 4.48. The van der Waals surface area contributed by atoms with Gasteiger partial charge in [0.05, 0.1) is 20.4 Å². The summed E-state index contributed by atoms with van der Waals surface area (Å²) in [6, 6.07) is 12.1. The second kappa shape index (κ2) is 9.03. The minimum Gasteiger partial charge on any atom is -0.493 e. The van der Waals surface area contributed by atoms with Crippen LogP contribution in [0.15, 0.2) is 42.6 Å². The van der Waals surface area contributed by atoms with Crippen LogP contribution in [0, 0.1) is 13.8 Å². The lowest BCUT2D eigenvalue weighted by atomic mass is 10.1. The number of rotatable bonds is 8. The van der Waals surface area contributed by atoms with E-state index >= 15 is 0 Å². The Labute approximate surface area is 165 Å². The molecule has 0 aliphatic carbocycles. The van der Waals surface area contributed by atoms with Gasteiger partial charge in [0.15, 0.2) is 17.3 Å². The smallest absolute Gasteiger partial charge is 0.244 e. The lowest BCUT2D eigenvalue weighted by Crippen LogP contribution is -2.10. The van der Waals surface area contributed by atoms with E-state index in [0.29, 0.717) is 18.3 Å². The predicted molar refractivity (Wildman–Crippen MR) is 111 cm³/mol. The van der Waals surface area contributed by atoms with Gasteiger partial charge in [0.1, 0.15) is 0 Å². The number of ether oxygens (including phenoxy) is 2. The van der Waals surface area contributed by atoms with E-state index in [1.54, 1.807) is 20.4 Å². The number of nitrogens with zero attached hydrogens (tertiary/aromatic N) is 3. The molecule has 0 aliphatic heterocycles. The monoisotopic (exact) mass is 379 g/mol. The molecule has 0 radical (unpaired) electrons. The molecule has 2 N–H and O–H groups in total. The fourth-order valence-corrected chi connectivity index (χ4v) is 2.76. The van der Waals surface area contributed by atoms with Gasteiger partial charge in [-0.3, -0.25) is 0 Å². The Hall–Kier alpha value is -3.35. The van der Waals surface area contributed by atoms with Gasteiger partial charge in [-0.2, -0.15) is 10.1 Å². The van der Waals surface area contributed by atoms with Crippen LogP contribution < -0.4 is 20.1 Å². The van der Waals surface area contributed by atoms with Crippen molar-refractivity contribution < 1.29 is 9.47 Å². The van der Waals surface area contributed by atoms with Gasteiger partial charge in [0.2, 0.25) is 5.95 Å². The molecule has 0 bridgehead atoms. The second-order valence-corrected chi connectivity index (χ2v) is 6.46. The molecule has 0 atom stereocenters. The van der Waals surface area contributed by atoms with Crippen LogP contribution in [-0.2, 0) is 6.42 Å². The van der Waals surface area contributed by atoms with Crippen molar-refractivity contribution in [2.75, 3.05) is 31.4 Å². The van der Waals surface area contributed by atoms with Crippen molar-refractivity contribution in [2.24, 2.45) is 0 Å². The fourth-order valence-electron chi connectivity index (χ4n) is 2.76. The van der Waals surface area contributed by atoms with E-state index in [9.17, 15) is 0 Å². The lowest BCUT2D eigenvalue weighted by Gasteiger charge is -2.11. The highest BCUT2D eigenvalue weighted by Gasteiger charge is 2.06. The number of anilines is 3. The Morgan fingerprint density at radius 2 is 1.75 bits per heavy atom. The van der Waals surface area contributed by atoms with E-state index in [4.69, 9.17) is 9.47 Å². The molecule has 3 rings (SSSR count). The first-order valence-corrected chi connectivity index (χ1v) is 9.08. The van der Waals surface area contributed by atoms with E-state index in [1.165, 1.54) is 11.1 Å². The molecule has 0 saturated heterocycles. The van der Waals surface area contributed by atoms with Crippen LogP contribution in [0.2, 0.25) is 0 Å². The Bertz CT molecular complexity index is 946. The van der Waals surface area contributed by atoms with E-state index < -0.39 is 0 Å². The maximum Gasteiger partial charge on any atom is 0.244 e. The van der Waals surface area contributed by atoms with E-state index in [-0.39, 0.29) is 0 Å². The van der Waals surface area contributed by atoms with Crippen molar-refractivity contribution in [1.82, 2.24) is 15.2 Å². The average Bonchev–Trinajstić information content (AvgIpc) is 2.71. The second-order valence-electron chi connectivity index (χ2n) is 6.46. The molecule has 146 valence electrons. The molecule has 7 heteroatoms. The molecule has 0 fully saturated rings. The van der Waals surface area contributed by atoms with Crippen molar-refractivity contribution in [3.05, 3.63) is 59.3 Å². The van der Waals surface area contributed by atoms with Crippen molar-refractivity contribution >= 4 is 17.5 Å². The van der Waals surface area contributed by atoms with Crippen LogP contribution in [0.3, 0.4) is 0 Å². The highest BCUT2D eigenvalue weighted by molar-refractivity contribution is 5.58. The number of hydrogen-bond donors (Lipinski definition) is 2. The Morgan fingerprint density at radius 3 is 2.50 bits per heavy atom. The first kappa shape index (κ1) is 19.4. The first-order valence-electron chi connectivity index (χ1n) is 9.08. The number of methoxy groups -OCH3 is 2. The summed E-state index contributed by atoms with van der Waals surface area (Å²) in [5, 5.41) is 14.5. The molecule has 1 aromatic heterocycles. The van der Waals surface area contributed by atoms with Crippen LogP contribution in [0.4, 0.5) is 17.5 Å². The molecule has 2 aromatic carbocycles. The first-order chi connectivity index (χ1) is 13.6. The van der Waals surface area contributed by atoms with Gasteiger partial charge in [-0.05, 0) is 61.2 Å². The van der Waals surface area contributed by atoms with Gasteiger partial charge < -0.3 is 20.1 Å². The van der Waals surface area contributed by atoms with Crippen molar-refractivity contribution in [3.8, 4) is 11.5 Å². The Kier molecular flexibility index (Phi) is 6.26. The van der Waals surface area contributed by atoms with Gasteiger partial charge in [-0.25, -0.2) is 0 Å². The molecule has 0 spiro atoms. The van der Waals surface area contributed by atoms with Crippen LogP contribution in [-0.4, -0.2) is 35.9 Å². The van der Waals surface area contributed by atoms with Crippen molar-refractivity contribution in [3.63, 3.8) is 0 Å². The Balaban J connectivity index is 1.59. The summed E-state index contributed by atoms with van der Waals surface area (Å²) in [7, 11) is 3.26. The van der Waals surface area contributed by atoms with E-state index in [1.807, 2.05) is 24.3 Å². The highest BCUT2D eigenvalue weighted by Crippen LogP contribution is 2.27. The fraction of sp³-hybridized carbons (Fsp3) is 0.286. The zero-order chi connectivity index (χ0) is 19.9. The summed E-state index contributed by atoms with van der Waals surface area (Å²) in [5.74, 6) is 2.57. The number of nitrogens with one attached hydrogen (secondary N) is 2. The molecule has 28 heavy (non-hydrogen) atoms. The van der Waals surface area contributed by atoms with Crippen molar-refractivity contribution in [2.45, 2.75) is 20.3 Å². The van der Waals surface area contributed by atoms with E-state index in [2.05, 4.69) is 51.8 Å². The quantitative estimate of drug-likeness (QED) is 0.614. The molecule has 3 aromatic rings. The Morgan fingerprint density at radius 1 is 0.929 bits per heavy atom.